The van der Waals surface area contributed by atoms with Crippen molar-refractivity contribution in [3.8, 4) is 0 Å². The number of nitrogens with one attached hydrogen (secondary N) is 1. The lowest BCUT2D eigenvalue weighted by Crippen LogP contribution is -2.46. The van der Waals surface area contributed by atoms with Crippen LogP contribution < -0.4 is 16.8 Å². The average Bonchev–Trinajstić information content (AvgIpc) is 2.35. The number of allylic oxidation sites excluding steroid dienone is 1. The predicted molar refractivity (Wildman–Crippen MR) is 85.1 cm³/mol. The van der Waals surface area contributed by atoms with Gasteiger partial charge in [0.05, 0.1) is 6.04 Å². The summed E-state index contributed by atoms with van der Waals surface area (Å²) in [6, 6.07) is -0.422. The van der Waals surface area contributed by atoms with Crippen LogP contribution in [0.4, 0.5) is 0 Å². The van der Waals surface area contributed by atoms with E-state index in [0.717, 1.165) is 6.42 Å². The molecule has 0 bridgehead atoms. The standard InChI is InChI=1S/C15H26N4O3/c1-8(2)6-12(18-9(3)20)11-5-4-10(14(21)22)7-13(11)19-15(16)17/h4,8,11-13H,5-7H2,1-3H3,(H,18,20)(H,21,22)(H4,16,17,19). The van der Waals surface area contributed by atoms with Gasteiger partial charge in [-0.15, -0.1) is 0 Å². The molecule has 0 aliphatic heterocycles. The molecule has 1 amide bonds. The van der Waals surface area contributed by atoms with Crippen LogP contribution >= 0.6 is 0 Å². The number of amides is 1. The Bertz CT molecular complexity index is 481. The molecule has 1 aliphatic carbocycles. The van der Waals surface area contributed by atoms with Gasteiger partial charge in [-0.1, -0.05) is 19.9 Å². The third kappa shape index (κ3) is 5.38. The van der Waals surface area contributed by atoms with Crippen molar-refractivity contribution in [2.45, 2.75) is 52.1 Å². The fourth-order valence-corrected chi connectivity index (χ4v) is 2.95. The average molecular weight is 310 g/mol. The lowest BCUT2D eigenvalue weighted by molar-refractivity contribution is -0.133. The molecule has 0 aromatic carbocycles. The van der Waals surface area contributed by atoms with Crippen LogP contribution in [0.15, 0.2) is 16.6 Å². The van der Waals surface area contributed by atoms with E-state index in [1.54, 1.807) is 6.08 Å². The number of aliphatic carboxylic acids is 1. The van der Waals surface area contributed by atoms with E-state index in [0.29, 0.717) is 17.9 Å². The highest BCUT2D eigenvalue weighted by Gasteiger charge is 2.34. The smallest absolute Gasteiger partial charge is 0.331 e. The van der Waals surface area contributed by atoms with Crippen molar-refractivity contribution in [1.29, 1.82) is 0 Å². The van der Waals surface area contributed by atoms with Crippen molar-refractivity contribution >= 4 is 17.8 Å². The molecule has 3 atom stereocenters. The van der Waals surface area contributed by atoms with Crippen LogP contribution in [0.3, 0.4) is 0 Å². The highest BCUT2D eigenvalue weighted by Crippen LogP contribution is 2.31. The van der Waals surface area contributed by atoms with Gasteiger partial charge in [-0.05, 0) is 18.8 Å². The van der Waals surface area contributed by atoms with Crippen LogP contribution in [-0.4, -0.2) is 35.0 Å². The number of rotatable bonds is 6. The lowest BCUT2D eigenvalue weighted by Gasteiger charge is -2.35. The van der Waals surface area contributed by atoms with Crippen molar-refractivity contribution < 1.29 is 14.7 Å². The zero-order valence-electron chi connectivity index (χ0n) is 13.4. The van der Waals surface area contributed by atoms with Gasteiger partial charge in [0, 0.05) is 30.9 Å². The number of nitrogens with two attached hydrogens (primary N) is 2. The third-order valence-corrected chi connectivity index (χ3v) is 3.78. The summed E-state index contributed by atoms with van der Waals surface area (Å²) < 4.78 is 0. The molecule has 6 N–H and O–H groups in total. The minimum atomic E-state index is -0.950. The second-order valence-corrected chi connectivity index (χ2v) is 6.20. The SMILES string of the molecule is CC(=O)NC(CC(C)C)C1CC=C(C(=O)O)CC1N=C(N)N. The topological polar surface area (TPSA) is 131 Å². The van der Waals surface area contributed by atoms with E-state index in [-0.39, 0.29) is 36.3 Å². The van der Waals surface area contributed by atoms with Gasteiger partial charge in [0.1, 0.15) is 0 Å². The number of carbonyl (C=O) groups is 2. The first-order valence-corrected chi connectivity index (χ1v) is 7.48. The second kappa shape index (κ2) is 7.82. The zero-order valence-corrected chi connectivity index (χ0v) is 13.4. The summed E-state index contributed by atoms with van der Waals surface area (Å²) in [5.74, 6) is -0.748. The van der Waals surface area contributed by atoms with Gasteiger partial charge < -0.3 is 21.9 Å². The summed E-state index contributed by atoms with van der Waals surface area (Å²) in [7, 11) is 0. The Hall–Kier alpha value is -2.05. The van der Waals surface area contributed by atoms with E-state index >= 15 is 0 Å². The monoisotopic (exact) mass is 310 g/mol. The molecule has 1 rings (SSSR count). The molecule has 1 aliphatic rings. The molecule has 22 heavy (non-hydrogen) atoms. The number of guanidine groups is 1. The molecule has 7 heteroatoms. The molecule has 7 nitrogen and oxygen atoms in total. The number of nitrogens with zero attached hydrogens (tertiary/aromatic N) is 1. The summed E-state index contributed by atoms with van der Waals surface area (Å²) in [6.07, 6.45) is 3.30. The molecule has 0 saturated carbocycles. The van der Waals surface area contributed by atoms with Gasteiger partial charge in [-0.2, -0.15) is 0 Å². The van der Waals surface area contributed by atoms with Crippen LogP contribution in [0, 0.1) is 11.8 Å². The van der Waals surface area contributed by atoms with Crippen molar-refractivity contribution in [2.75, 3.05) is 0 Å². The van der Waals surface area contributed by atoms with E-state index in [4.69, 9.17) is 16.6 Å². The van der Waals surface area contributed by atoms with E-state index in [1.165, 1.54) is 6.92 Å². The van der Waals surface area contributed by atoms with E-state index in [1.807, 2.05) is 0 Å². The van der Waals surface area contributed by atoms with E-state index in [9.17, 15) is 9.59 Å². The third-order valence-electron chi connectivity index (χ3n) is 3.78. The molecule has 0 aromatic heterocycles. The number of hydrogen-bond acceptors (Lipinski definition) is 3. The second-order valence-electron chi connectivity index (χ2n) is 6.20. The first-order chi connectivity index (χ1) is 10.2. The van der Waals surface area contributed by atoms with Crippen LogP contribution in [0.2, 0.25) is 0 Å². The Labute approximate surface area is 130 Å². The van der Waals surface area contributed by atoms with E-state index in [2.05, 4.69) is 24.2 Å². The number of carboxylic acid groups (broad SMARTS) is 1. The summed E-state index contributed by atoms with van der Waals surface area (Å²) in [6.45, 7) is 5.63. The normalized spacial score (nSPS) is 22.6. The number of carboxylic acids is 1. The maximum absolute atomic E-state index is 11.5. The van der Waals surface area contributed by atoms with Gasteiger partial charge in [-0.25, -0.2) is 9.79 Å². The molecule has 0 spiro atoms. The summed E-state index contributed by atoms with van der Waals surface area (Å²) in [4.78, 5) is 26.8. The molecule has 0 radical (unpaired) electrons. The summed E-state index contributed by atoms with van der Waals surface area (Å²) in [5, 5.41) is 12.1. The fourth-order valence-electron chi connectivity index (χ4n) is 2.95. The quantitative estimate of drug-likeness (QED) is 0.421. The molecule has 0 fully saturated rings. The maximum Gasteiger partial charge on any atom is 0.331 e. The molecule has 0 aromatic rings. The van der Waals surface area contributed by atoms with Gasteiger partial charge in [0.15, 0.2) is 5.96 Å². The van der Waals surface area contributed by atoms with Crippen LogP contribution in [0.5, 0.6) is 0 Å². The highest BCUT2D eigenvalue weighted by molar-refractivity contribution is 5.87. The summed E-state index contributed by atoms with van der Waals surface area (Å²) >= 11 is 0. The Morgan fingerprint density at radius 1 is 1.45 bits per heavy atom. The predicted octanol–water partition coefficient (Wildman–Crippen LogP) is 0.600. The Balaban J connectivity index is 3.05. The van der Waals surface area contributed by atoms with Crippen molar-refractivity contribution in [3.63, 3.8) is 0 Å². The molecular formula is C15H26N4O3. The molecule has 0 saturated heterocycles. The van der Waals surface area contributed by atoms with Crippen molar-refractivity contribution in [2.24, 2.45) is 28.3 Å². The Morgan fingerprint density at radius 3 is 2.55 bits per heavy atom. The first kappa shape index (κ1) is 18.0. The van der Waals surface area contributed by atoms with Crippen LogP contribution in [0.1, 0.15) is 40.0 Å². The largest absolute Gasteiger partial charge is 0.478 e. The lowest BCUT2D eigenvalue weighted by atomic mass is 9.78. The summed E-state index contributed by atoms with van der Waals surface area (Å²) in [5.41, 5.74) is 11.3. The van der Waals surface area contributed by atoms with Crippen molar-refractivity contribution in [1.82, 2.24) is 5.32 Å². The van der Waals surface area contributed by atoms with Crippen LogP contribution in [0.25, 0.3) is 0 Å². The van der Waals surface area contributed by atoms with Gasteiger partial charge >= 0.3 is 5.97 Å². The Kier molecular flexibility index (Phi) is 6.39. The van der Waals surface area contributed by atoms with Gasteiger partial charge in [0.25, 0.3) is 0 Å². The van der Waals surface area contributed by atoms with Crippen molar-refractivity contribution in [3.05, 3.63) is 11.6 Å². The molecule has 0 heterocycles. The highest BCUT2D eigenvalue weighted by atomic mass is 16.4. The molecular weight excluding hydrogens is 284 g/mol. The number of hydrogen-bond donors (Lipinski definition) is 4. The Morgan fingerprint density at radius 2 is 2.09 bits per heavy atom. The van der Waals surface area contributed by atoms with E-state index < -0.39 is 5.97 Å². The number of carbonyl (C=O) groups excluding carboxylic acids is 1. The molecule has 124 valence electrons. The number of aliphatic imine (C=N–C) groups is 1. The zero-order chi connectivity index (χ0) is 16.9. The first-order valence-electron chi connectivity index (χ1n) is 7.48. The molecule has 3 unspecified atom stereocenters. The maximum atomic E-state index is 11.5. The van der Waals surface area contributed by atoms with Gasteiger partial charge in [-0.3, -0.25) is 4.79 Å². The minimum Gasteiger partial charge on any atom is -0.478 e. The van der Waals surface area contributed by atoms with Gasteiger partial charge in [0.2, 0.25) is 5.91 Å². The fraction of sp³-hybridized carbons (Fsp3) is 0.667. The minimum absolute atomic E-state index is 0.0171. The van der Waals surface area contributed by atoms with Crippen LogP contribution in [-0.2, 0) is 9.59 Å².